The van der Waals surface area contributed by atoms with E-state index in [0.29, 0.717) is 18.6 Å². The molecule has 0 fully saturated rings. The average Bonchev–Trinajstić information content (AvgIpc) is 2.38. The van der Waals surface area contributed by atoms with Crippen LogP contribution >= 0.6 is 67.8 Å². The first-order valence-corrected chi connectivity index (χ1v) is 8.51. The molecule has 0 bridgehead atoms. The van der Waals surface area contributed by atoms with E-state index in [1.165, 1.54) is 12.1 Å². The number of phenolic OH excluding ortho intramolecular Hbond substituents is 1. The summed E-state index contributed by atoms with van der Waals surface area (Å²) in [4.78, 5) is 11.0. The van der Waals surface area contributed by atoms with Crippen molar-refractivity contribution in [1.82, 2.24) is 0 Å². The molecule has 0 amide bonds. The summed E-state index contributed by atoms with van der Waals surface area (Å²) in [5.41, 5.74) is 0.170. The van der Waals surface area contributed by atoms with Gasteiger partial charge in [0.2, 0.25) is 0 Å². The number of aromatic hydroxyl groups is 1. The van der Waals surface area contributed by atoms with Gasteiger partial charge in [-0.05, 0) is 98.1 Å². The van der Waals surface area contributed by atoms with E-state index in [2.05, 4.69) is 22.6 Å². The highest BCUT2D eigenvalue weighted by atomic mass is 127. The smallest absolute Gasteiger partial charge is 0.335 e. The molecule has 0 atom stereocenters. The summed E-state index contributed by atoms with van der Waals surface area (Å²) in [5.74, 6) is 0.244. The number of benzene rings is 2. The molecular weight excluding hydrogens is 601 g/mol. The Balaban J connectivity index is 2.39. The van der Waals surface area contributed by atoms with Gasteiger partial charge in [-0.25, -0.2) is 4.79 Å². The van der Waals surface area contributed by atoms with E-state index >= 15 is 0 Å². The zero-order valence-corrected chi connectivity index (χ0v) is 16.2. The molecule has 2 rings (SSSR count). The Morgan fingerprint density at radius 2 is 1.60 bits per heavy atom. The fourth-order valence-corrected chi connectivity index (χ4v) is 3.60. The Kier molecular flexibility index (Phi) is 5.34. The molecule has 0 aliphatic carbocycles. The summed E-state index contributed by atoms with van der Waals surface area (Å²) in [6.07, 6.45) is 0. The van der Waals surface area contributed by atoms with Gasteiger partial charge >= 0.3 is 5.97 Å². The van der Waals surface area contributed by atoms with Gasteiger partial charge in [0.15, 0.2) is 0 Å². The van der Waals surface area contributed by atoms with Crippen molar-refractivity contribution in [2.45, 2.75) is 0 Å². The zero-order chi connectivity index (χ0) is 14.9. The van der Waals surface area contributed by atoms with Crippen molar-refractivity contribution in [3.8, 4) is 17.2 Å². The summed E-state index contributed by atoms with van der Waals surface area (Å²) in [6.45, 7) is 0. The summed E-state index contributed by atoms with van der Waals surface area (Å²) in [6, 6.07) is 8.09. The van der Waals surface area contributed by atoms with Crippen molar-refractivity contribution in [2.75, 3.05) is 0 Å². The van der Waals surface area contributed by atoms with Gasteiger partial charge in [0.1, 0.15) is 17.2 Å². The number of rotatable bonds is 3. The van der Waals surface area contributed by atoms with Crippen LogP contribution in [0.3, 0.4) is 0 Å². The van der Waals surface area contributed by atoms with Gasteiger partial charge in [0, 0.05) is 0 Å². The standard InChI is InChI=1S/C13H7I3O4/c14-8-2-1-6(13(18)19)3-11(8)20-7-4-9(15)12(17)10(16)5-7/h1-5,17H,(H,18,19). The molecule has 7 heteroatoms. The highest BCUT2D eigenvalue weighted by Gasteiger charge is 2.11. The van der Waals surface area contributed by atoms with Crippen LogP contribution in [0, 0.1) is 10.7 Å². The minimum absolute atomic E-state index is 0.170. The topological polar surface area (TPSA) is 66.8 Å². The number of hydrogen-bond acceptors (Lipinski definition) is 3. The van der Waals surface area contributed by atoms with Crippen LogP contribution in [0.15, 0.2) is 30.3 Å². The van der Waals surface area contributed by atoms with Crippen molar-refractivity contribution < 1.29 is 19.7 Å². The second kappa shape index (κ2) is 6.64. The summed E-state index contributed by atoms with van der Waals surface area (Å²) >= 11 is 6.11. The average molecular weight is 608 g/mol. The lowest BCUT2D eigenvalue weighted by molar-refractivity contribution is 0.0696. The maximum Gasteiger partial charge on any atom is 0.335 e. The van der Waals surface area contributed by atoms with Crippen LogP contribution in [0.5, 0.6) is 17.2 Å². The van der Waals surface area contributed by atoms with E-state index in [-0.39, 0.29) is 11.3 Å². The molecule has 0 saturated carbocycles. The summed E-state index contributed by atoms with van der Waals surface area (Å²) < 4.78 is 7.89. The minimum Gasteiger partial charge on any atom is -0.506 e. The lowest BCUT2D eigenvalue weighted by Crippen LogP contribution is -1.98. The second-order valence-electron chi connectivity index (χ2n) is 3.79. The molecule has 104 valence electrons. The van der Waals surface area contributed by atoms with E-state index in [4.69, 9.17) is 9.84 Å². The van der Waals surface area contributed by atoms with Crippen molar-refractivity contribution in [3.05, 3.63) is 46.6 Å². The molecule has 2 N–H and O–H groups in total. The Hall–Kier alpha value is -0.300. The van der Waals surface area contributed by atoms with Gasteiger partial charge in [0.25, 0.3) is 0 Å². The SMILES string of the molecule is O=C(O)c1ccc(I)c(Oc2cc(I)c(O)c(I)c2)c1. The predicted molar refractivity (Wildman–Crippen MR) is 99.7 cm³/mol. The number of carbonyl (C=O) groups is 1. The maximum absolute atomic E-state index is 11.0. The van der Waals surface area contributed by atoms with Crippen LogP contribution in [0.25, 0.3) is 0 Å². The molecule has 20 heavy (non-hydrogen) atoms. The highest BCUT2D eigenvalue weighted by molar-refractivity contribution is 14.1. The first-order valence-electron chi connectivity index (χ1n) is 5.27. The van der Waals surface area contributed by atoms with Gasteiger partial charge < -0.3 is 14.9 Å². The molecule has 2 aromatic carbocycles. The molecule has 0 aromatic heterocycles. The molecule has 4 nitrogen and oxygen atoms in total. The predicted octanol–water partition coefficient (Wildman–Crippen LogP) is 4.70. The van der Waals surface area contributed by atoms with Crippen LogP contribution < -0.4 is 4.74 Å². The fraction of sp³-hybridized carbons (Fsp3) is 0. The third kappa shape index (κ3) is 3.67. The summed E-state index contributed by atoms with van der Waals surface area (Å²) in [5, 5.41) is 18.7. The summed E-state index contributed by atoms with van der Waals surface area (Å²) in [7, 11) is 0. The third-order valence-corrected chi connectivity index (χ3v) is 4.93. The van der Waals surface area contributed by atoms with Gasteiger partial charge in [-0.1, -0.05) is 0 Å². The van der Waals surface area contributed by atoms with Crippen molar-refractivity contribution >= 4 is 73.7 Å². The highest BCUT2D eigenvalue weighted by Crippen LogP contribution is 2.34. The quantitative estimate of drug-likeness (QED) is 0.497. The molecule has 0 aliphatic rings. The first kappa shape index (κ1) is 16.1. The van der Waals surface area contributed by atoms with Crippen LogP contribution in [-0.4, -0.2) is 16.2 Å². The van der Waals surface area contributed by atoms with Crippen LogP contribution in [0.1, 0.15) is 10.4 Å². The van der Waals surface area contributed by atoms with E-state index in [1.807, 2.05) is 45.2 Å². The second-order valence-corrected chi connectivity index (χ2v) is 7.27. The lowest BCUT2D eigenvalue weighted by Gasteiger charge is -2.10. The van der Waals surface area contributed by atoms with Gasteiger partial charge in [-0.15, -0.1) is 0 Å². The van der Waals surface area contributed by atoms with Crippen LogP contribution in [0.2, 0.25) is 0 Å². The van der Waals surface area contributed by atoms with E-state index in [0.717, 1.165) is 3.57 Å². The molecule has 0 spiro atoms. The van der Waals surface area contributed by atoms with Crippen LogP contribution in [-0.2, 0) is 0 Å². The van der Waals surface area contributed by atoms with Gasteiger partial charge in [-0.3, -0.25) is 0 Å². The van der Waals surface area contributed by atoms with Crippen molar-refractivity contribution in [3.63, 3.8) is 0 Å². The van der Waals surface area contributed by atoms with E-state index in [9.17, 15) is 9.90 Å². The molecule has 0 heterocycles. The fourth-order valence-electron chi connectivity index (χ4n) is 1.44. The number of carboxylic acids is 1. The Bertz CT molecular complexity index is 662. The monoisotopic (exact) mass is 608 g/mol. The molecule has 0 radical (unpaired) electrons. The molecular formula is C13H7I3O4. The number of ether oxygens (including phenoxy) is 1. The Morgan fingerprint density at radius 3 is 2.15 bits per heavy atom. The zero-order valence-electron chi connectivity index (χ0n) is 9.73. The largest absolute Gasteiger partial charge is 0.506 e. The number of hydrogen-bond donors (Lipinski definition) is 2. The van der Waals surface area contributed by atoms with Crippen molar-refractivity contribution in [1.29, 1.82) is 0 Å². The molecule has 0 aliphatic heterocycles. The van der Waals surface area contributed by atoms with Gasteiger partial charge in [-0.2, -0.15) is 0 Å². The maximum atomic E-state index is 11.0. The van der Waals surface area contributed by atoms with E-state index in [1.54, 1.807) is 18.2 Å². The van der Waals surface area contributed by atoms with E-state index < -0.39 is 5.97 Å². The number of phenols is 1. The van der Waals surface area contributed by atoms with Gasteiger partial charge in [0.05, 0.1) is 16.3 Å². The molecule has 0 unspecified atom stereocenters. The molecule has 0 saturated heterocycles. The third-order valence-electron chi connectivity index (χ3n) is 2.40. The van der Waals surface area contributed by atoms with Crippen molar-refractivity contribution in [2.24, 2.45) is 0 Å². The number of aromatic carboxylic acids is 1. The lowest BCUT2D eigenvalue weighted by atomic mass is 10.2. The normalized spacial score (nSPS) is 10.3. The Labute approximate surface area is 156 Å². The minimum atomic E-state index is -0.999. The number of carboxylic acid groups (broad SMARTS) is 1. The first-order chi connectivity index (χ1) is 9.38. The molecule has 2 aromatic rings. The van der Waals surface area contributed by atoms with Crippen LogP contribution in [0.4, 0.5) is 0 Å². The Morgan fingerprint density at radius 1 is 1.00 bits per heavy atom. The number of halogens is 3.